The number of rotatable bonds is 8. The summed E-state index contributed by atoms with van der Waals surface area (Å²) < 4.78 is 42.9. The minimum Gasteiger partial charge on any atom is -0.466 e. The summed E-state index contributed by atoms with van der Waals surface area (Å²) >= 11 is 0. The Morgan fingerprint density at radius 3 is 2.60 bits per heavy atom. The third kappa shape index (κ3) is 9.07. The molecule has 0 aromatic heterocycles. The van der Waals surface area contributed by atoms with Gasteiger partial charge in [0, 0.05) is 45.7 Å². The lowest BCUT2D eigenvalue weighted by Crippen LogP contribution is -2.44. The summed E-state index contributed by atoms with van der Waals surface area (Å²) in [5, 5.41) is 6.54. The average Bonchev–Trinajstić information content (AvgIpc) is 3.11. The van der Waals surface area contributed by atoms with E-state index in [9.17, 15) is 18.0 Å². The lowest BCUT2D eigenvalue weighted by molar-refractivity contribution is -0.143. The van der Waals surface area contributed by atoms with Crippen LogP contribution in [0.1, 0.15) is 37.3 Å². The van der Waals surface area contributed by atoms with Crippen molar-refractivity contribution in [2.75, 3.05) is 33.3 Å². The molecule has 0 aliphatic carbocycles. The van der Waals surface area contributed by atoms with Crippen molar-refractivity contribution in [2.45, 2.75) is 44.9 Å². The van der Waals surface area contributed by atoms with E-state index >= 15 is 0 Å². The zero-order valence-corrected chi connectivity index (χ0v) is 19.6. The van der Waals surface area contributed by atoms with E-state index in [-0.39, 0.29) is 36.0 Å². The van der Waals surface area contributed by atoms with Gasteiger partial charge in [-0.2, -0.15) is 13.2 Å². The van der Waals surface area contributed by atoms with Gasteiger partial charge in [-0.15, -0.1) is 24.0 Å². The Hall–Kier alpha value is -1.56. The Balaban J connectivity index is 0.00000450. The number of esters is 1. The first-order valence-corrected chi connectivity index (χ1v) is 9.83. The van der Waals surface area contributed by atoms with Crippen molar-refractivity contribution in [1.82, 2.24) is 15.5 Å². The number of halogens is 4. The Bertz CT molecular complexity index is 684. The number of nitrogens with one attached hydrogen (secondary N) is 2. The van der Waals surface area contributed by atoms with Crippen LogP contribution in [0.3, 0.4) is 0 Å². The summed E-state index contributed by atoms with van der Waals surface area (Å²) in [5.41, 5.74) is 0.236. The van der Waals surface area contributed by atoms with Crippen LogP contribution in [-0.2, 0) is 22.3 Å². The molecular weight excluding hydrogens is 512 g/mol. The van der Waals surface area contributed by atoms with Gasteiger partial charge in [0.15, 0.2) is 5.96 Å². The number of ether oxygens (including phenoxy) is 1. The van der Waals surface area contributed by atoms with E-state index in [1.54, 1.807) is 14.0 Å². The fraction of sp³-hybridized carbons (Fsp3) is 0.600. The summed E-state index contributed by atoms with van der Waals surface area (Å²) in [5.74, 6) is 0.474. The summed E-state index contributed by atoms with van der Waals surface area (Å²) in [7, 11) is 1.69. The van der Waals surface area contributed by atoms with Crippen molar-refractivity contribution in [3.05, 3.63) is 35.4 Å². The van der Waals surface area contributed by atoms with E-state index in [2.05, 4.69) is 20.5 Å². The highest BCUT2D eigenvalue weighted by molar-refractivity contribution is 14.0. The maximum atomic E-state index is 12.7. The predicted molar refractivity (Wildman–Crippen MR) is 121 cm³/mol. The molecule has 1 aromatic rings. The molecule has 1 heterocycles. The minimum atomic E-state index is -4.31. The molecule has 1 unspecified atom stereocenters. The molecule has 0 radical (unpaired) electrons. The van der Waals surface area contributed by atoms with Crippen LogP contribution in [0.4, 0.5) is 13.2 Å². The number of hydrogen-bond acceptors (Lipinski definition) is 4. The molecular formula is C20H30F3IN4O2. The molecule has 1 aromatic carbocycles. The first-order chi connectivity index (χ1) is 13.8. The fourth-order valence-electron chi connectivity index (χ4n) is 3.21. The van der Waals surface area contributed by atoms with Crippen LogP contribution in [0.5, 0.6) is 0 Å². The van der Waals surface area contributed by atoms with Crippen molar-refractivity contribution in [3.8, 4) is 0 Å². The largest absolute Gasteiger partial charge is 0.466 e. The highest BCUT2D eigenvalue weighted by atomic mass is 127. The second kappa shape index (κ2) is 13.0. The van der Waals surface area contributed by atoms with E-state index in [1.165, 1.54) is 12.1 Å². The lowest BCUT2D eigenvalue weighted by atomic mass is 10.1. The second-order valence-corrected chi connectivity index (χ2v) is 6.97. The molecule has 1 aliphatic rings. The monoisotopic (exact) mass is 542 g/mol. The number of nitrogens with zero attached hydrogens (tertiary/aromatic N) is 2. The van der Waals surface area contributed by atoms with Gasteiger partial charge in [-0.3, -0.25) is 14.7 Å². The molecule has 1 atom stereocenters. The molecule has 2 N–H and O–H groups in total. The van der Waals surface area contributed by atoms with Crippen LogP contribution in [-0.4, -0.2) is 56.2 Å². The molecule has 170 valence electrons. The molecule has 6 nitrogen and oxygen atoms in total. The van der Waals surface area contributed by atoms with Gasteiger partial charge in [0.25, 0.3) is 0 Å². The molecule has 1 saturated heterocycles. The van der Waals surface area contributed by atoms with Gasteiger partial charge in [0.1, 0.15) is 0 Å². The second-order valence-electron chi connectivity index (χ2n) is 6.97. The van der Waals surface area contributed by atoms with Gasteiger partial charge in [-0.25, -0.2) is 0 Å². The lowest BCUT2D eigenvalue weighted by Gasteiger charge is -2.19. The molecule has 2 rings (SSSR count). The van der Waals surface area contributed by atoms with Gasteiger partial charge in [0.2, 0.25) is 0 Å². The van der Waals surface area contributed by atoms with Crippen LogP contribution >= 0.6 is 24.0 Å². The third-order valence-electron chi connectivity index (χ3n) is 4.68. The van der Waals surface area contributed by atoms with Gasteiger partial charge >= 0.3 is 12.1 Å². The molecule has 0 bridgehead atoms. The molecule has 30 heavy (non-hydrogen) atoms. The highest BCUT2D eigenvalue weighted by Crippen LogP contribution is 2.29. The average molecular weight is 542 g/mol. The summed E-state index contributed by atoms with van der Waals surface area (Å²) in [4.78, 5) is 17.7. The summed E-state index contributed by atoms with van der Waals surface area (Å²) in [6.07, 6.45) is -2.36. The number of likely N-dealkylation sites (tertiary alicyclic amines) is 1. The van der Waals surface area contributed by atoms with Crippen molar-refractivity contribution in [2.24, 2.45) is 4.99 Å². The van der Waals surface area contributed by atoms with E-state index in [4.69, 9.17) is 4.74 Å². The molecule has 1 fully saturated rings. The summed E-state index contributed by atoms with van der Waals surface area (Å²) in [6, 6.07) is 5.54. The molecule has 10 heteroatoms. The standard InChI is InChI=1S/C20H29F3N4O2.HI/c1-3-29-18(28)5-4-11-25-19(24-2)26-17-10-12-27(14-17)13-15-6-8-16(9-7-15)20(21,22)23;/h6-9,17H,3-5,10-14H2,1-2H3,(H2,24,25,26);1H. The van der Waals surface area contributed by atoms with Gasteiger partial charge in [0.05, 0.1) is 12.2 Å². The fourth-order valence-corrected chi connectivity index (χ4v) is 3.21. The normalized spacial score (nSPS) is 17.4. The maximum Gasteiger partial charge on any atom is 0.416 e. The van der Waals surface area contributed by atoms with Crippen LogP contribution < -0.4 is 10.6 Å². The Labute approximate surface area is 192 Å². The number of carbonyl (C=O) groups is 1. The van der Waals surface area contributed by atoms with Gasteiger partial charge < -0.3 is 15.4 Å². The highest BCUT2D eigenvalue weighted by Gasteiger charge is 2.30. The number of carbonyl (C=O) groups excluding carboxylic acids is 1. The quantitative estimate of drug-likeness (QED) is 0.173. The van der Waals surface area contributed by atoms with Crippen LogP contribution in [0, 0.1) is 0 Å². The minimum absolute atomic E-state index is 0. The van der Waals surface area contributed by atoms with Crippen molar-refractivity contribution in [1.29, 1.82) is 0 Å². The summed E-state index contributed by atoms with van der Waals surface area (Å²) in [6.45, 7) is 5.04. The van der Waals surface area contributed by atoms with E-state index in [0.717, 1.165) is 37.2 Å². The zero-order chi connectivity index (χ0) is 21.3. The Morgan fingerprint density at radius 1 is 1.30 bits per heavy atom. The number of benzene rings is 1. The number of guanidine groups is 1. The Kier molecular flexibility index (Phi) is 11.5. The smallest absolute Gasteiger partial charge is 0.416 e. The predicted octanol–water partition coefficient (Wildman–Crippen LogP) is 3.41. The molecule has 0 spiro atoms. The van der Waals surface area contributed by atoms with Crippen molar-refractivity contribution < 1.29 is 22.7 Å². The zero-order valence-electron chi connectivity index (χ0n) is 17.3. The van der Waals surface area contributed by atoms with E-state index in [0.29, 0.717) is 38.5 Å². The number of alkyl halides is 3. The number of aliphatic imine (C=N–C) groups is 1. The van der Waals surface area contributed by atoms with Crippen LogP contribution in [0.25, 0.3) is 0 Å². The van der Waals surface area contributed by atoms with Crippen molar-refractivity contribution in [3.63, 3.8) is 0 Å². The Morgan fingerprint density at radius 2 is 2.00 bits per heavy atom. The maximum absolute atomic E-state index is 12.7. The van der Waals surface area contributed by atoms with Gasteiger partial charge in [-0.05, 0) is 37.5 Å². The molecule has 1 aliphatic heterocycles. The first kappa shape index (κ1) is 26.5. The van der Waals surface area contributed by atoms with Crippen LogP contribution in [0.2, 0.25) is 0 Å². The SMILES string of the molecule is CCOC(=O)CCCNC(=NC)NC1CCN(Cc2ccc(C(F)(F)F)cc2)C1.I. The van der Waals surface area contributed by atoms with Crippen molar-refractivity contribution >= 4 is 35.9 Å². The van der Waals surface area contributed by atoms with Gasteiger partial charge in [-0.1, -0.05) is 12.1 Å². The van der Waals surface area contributed by atoms with E-state index < -0.39 is 11.7 Å². The van der Waals surface area contributed by atoms with E-state index in [1.807, 2.05) is 0 Å². The molecule has 0 amide bonds. The third-order valence-corrected chi connectivity index (χ3v) is 4.68. The first-order valence-electron chi connectivity index (χ1n) is 9.83. The molecule has 0 saturated carbocycles. The topological polar surface area (TPSA) is 66.0 Å². The number of hydrogen-bond donors (Lipinski definition) is 2. The van der Waals surface area contributed by atoms with Crippen LogP contribution in [0.15, 0.2) is 29.3 Å².